The molecule has 2 aromatic heterocycles. The number of fused-ring (bicyclic) bond motifs is 14. The zero-order valence-electron chi connectivity index (χ0n) is 33.1. The molecule has 0 radical (unpaired) electrons. The SMILES string of the molecule is c1ccc(-n2c3ccccc3c3c4ccccc4ccc32)c(-c2ccc(N(c3ccc4c(c3)sc3ccccc34)c3ccc4c5ccccc5c5ccccc5c4c3)cc2)c1. The lowest BCUT2D eigenvalue weighted by Gasteiger charge is -2.26. The third-order valence-electron chi connectivity index (χ3n) is 12.8. The zero-order chi connectivity index (χ0) is 40.0. The Balaban J connectivity index is 0.998. The van der Waals surface area contributed by atoms with Gasteiger partial charge in [-0.15, -0.1) is 11.3 Å². The fourth-order valence-electron chi connectivity index (χ4n) is 10.0. The summed E-state index contributed by atoms with van der Waals surface area (Å²) in [6.07, 6.45) is 0. The van der Waals surface area contributed by atoms with E-state index in [1.165, 1.54) is 96.2 Å². The third-order valence-corrected chi connectivity index (χ3v) is 13.9. The van der Waals surface area contributed by atoms with Crippen LogP contribution in [0, 0.1) is 0 Å². The Bertz CT molecular complexity index is 3850. The van der Waals surface area contributed by atoms with Crippen molar-refractivity contribution in [1.29, 1.82) is 0 Å². The van der Waals surface area contributed by atoms with Crippen molar-refractivity contribution >= 4 is 113 Å². The summed E-state index contributed by atoms with van der Waals surface area (Å²) < 4.78 is 5.05. The van der Waals surface area contributed by atoms with Gasteiger partial charge in [0.05, 0.1) is 16.7 Å². The van der Waals surface area contributed by atoms with E-state index in [0.717, 1.165) is 22.7 Å². The molecule has 61 heavy (non-hydrogen) atoms. The van der Waals surface area contributed by atoms with Gasteiger partial charge in [-0.1, -0.05) is 158 Å². The maximum absolute atomic E-state index is 2.45. The molecule has 3 heteroatoms. The van der Waals surface area contributed by atoms with Crippen LogP contribution < -0.4 is 4.90 Å². The predicted octanol–water partition coefficient (Wildman–Crippen LogP) is 16.9. The van der Waals surface area contributed by atoms with E-state index in [9.17, 15) is 0 Å². The molecule has 0 aliphatic heterocycles. The summed E-state index contributed by atoms with van der Waals surface area (Å²) in [5.41, 5.74) is 9.30. The van der Waals surface area contributed by atoms with Gasteiger partial charge in [0.15, 0.2) is 0 Å². The zero-order valence-corrected chi connectivity index (χ0v) is 33.9. The van der Waals surface area contributed by atoms with E-state index in [-0.39, 0.29) is 0 Å². The second-order valence-corrected chi connectivity index (χ2v) is 17.1. The number of nitrogens with zero attached hydrogens (tertiary/aromatic N) is 2. The highest BCUT2D eigenvalue weighted by Gasteiger charge is 2.20. The average molecular weight is 793 g/mol. The van der Waals surface area contributed by atoms with Gasteiger partial charge < -0.3 is 9.47 Å². The van der Waals surface area contributed by atoms with Crippen LogP contribution in [0.25, 0.3) is 102 Å². The first-order valence-electron chi connectivity index (χ1n) is 20.9. The van der Waals surface area contributed by atoms with Crippen molar-refractivity contribution in [3.8, 4) is 16.8 Å². The molecule has 284 valence electrons. The highest BCUT2D eigenvalue weighted by Crippen LogP contribution is 2.45. The lowest BCUT2D eigenvalue weighted by molar-refractivity contribution is 1.18. The summed E-state index contributed by atoms with van der Waals surface area (Å²) in [5.74, 6) is 0. The molecule has 2 nitrogen and oxygen atoms in total. The number of anilines is 3. The fraction of sp³-hybridized carbons (Fsp3) is 0. The molecule has 0 amide bonds. The van der Waals surface area contributed by atoms with Crippen LogP contribution in [0.15, 0.2) is 218 Å². The number of para-hydroxylation sites is 2. The minimum Gasteiger partial charge on any atom is -0.310 e. The molecule has 0 unspecified atom stereocenters. The average Bonchev–Trinajstić information content (AvgIpc) is 3.88. The van der Waals surface area contributed by atoms with Crippen molar-refractivity contribution in [2.24, 2.45) is 0 Å². The van der Waals surface area contributed by atoms with Gasteiger partial charge in [-0.05, 0) is 109 Å². The van der Waals surface area contributed by atoms with Crippen molar-refractivity contribution in [2.75, 3.05) is 4.90 Å². The Hall–Kier alpha value is -7.72. The molecule has 0 atom stereocenters. The summed E-state index contributed by atoms with van der Waals surface area (Å²) in [6.45, 7) is 0. The molecule has 13 rings (SSSR count). The van der Waals surface area contributed by atoms with E-state index >= 15 is 0 Å². The van der Waals surface area contributed by atoms with E-state index in [1.54, 1.807) is 0 Å². The Morgan fingerprint density at radius 3 is 1.64 bits per heavy atom. The summed E-state index contributed by atoms with van der Waals surface area (Å²) in [4.78, 5) is 2.43. The summed E-state index contributed by atoms with van der Waals surface area (Å²) in [5, 5.41) is 15.3. The molecular formula is C58H36N2S. The van der Waals surface area contributed by atoms with Crippen molar-refractivity contribution in [2.45, 2.75) is 0 Å². The molecule has 0 bridgehead atoms. The molecule has 0 aliphatic carbocycles. The Labute approximate surface area is 356 Å². The van der Waals surface area contributed by atoms with Crippen LogP contribution in [0.2, 0.25) is 0 Å². The van der Waals surface area contributed by atoms with Gasteiger partial charge >= 0.3 is 0 Å². The number of hydrogen-bond donors (Lipinski definition) is 0. The summed E-state index contributed by atoms with van der Waals surface area (Å²) in [6, 6.07) is 80.5. The summed E-state index contributed by atoms with van der Waals surface area (Å²) in [7, 11) is 0. The third kappa shape index (κ3) is 5.21. The van der Waals surface area contributed by atoms with Gasteiger partial charge in [0, 0.05) is 53.6 Å². The molecule has 0 saturated heterocycles. The smallest absolute Gasteiger partial charge is 0.0547 e. The highest BCUT2D eigenvalue weighted by molar-refractivity contribution is 7.25. The predicted molar refractivity (Wildman–Crippen MR) is 264 cm³/mol. The lowest BCUT2D eigenvalue weighted by Crippen LogP contribution is -2.10. The van der Waals surface area contributed by atoms with Gasteiger partial charge in [-0.3, -0.25) is 0 Å². The van der Waals surface area contributed by atoms with Crippen LogP contribution >= 0.6 is 11.3 Å². The standard InChI is InChI=1S/C58H36N2S/c1-2-15-43-37(13-1)27-34-55-58(43)51-21-8-11-23-54(51)60(55)53-22-10-7-14-42(53)38-25-28-39(29-26-38)59(41-31-33-50-49-20-9-12-24-56(49)61-57(50)36-41)40-30-32-48-46-18-4-3-16-44(46)45-17-5-6-19-47(45)52(48)35-40/h1-36H. The molecule has 0 fully saturated rings. The van der Waals surface area contributed by atoms with Gasteiger partial charge in [0.1, 0.15) is 0 Å². The first-order chi connectivity index (χ1) is 30.3. The first kappa shape index (κ1) is 34.2. The first-order valence-corrected chi connectivity index (χ1v) is 21.7. The molecular weight excluding hydrogens is 757 g/mol. The molecule has 0 saturated carbocycles. The van der Waals surface area contributed by atoms with Gasteiger partial charge in [-0.25, -0.2) is 0 Å². The molecule has 0 aliphatic rings. The van der Waals surface area contributed by atoms with Gasteiger partial charge in [0.25, 0.3) is 0 Å². The van der Waals surface area contributed by atoms with E-state index in [0.29, 0.717) is 0 Å². The fourth-order valence-corrected chi connectivity index (χ4v) is 11.2. The van der Waals surface area contributed by atoms with Gasteiger partial charge in [-0.2, -0.15) is 0 Å². The largest absolute Gasteiger partial charge is 0.310 e. The lowest BCUT2D eigenvalue weighted by atomic mass is 9.94. The quantitative estimate of drug-likeness (QED) is 0.158. The minimum absolute atomic E-state index is 1.11. The van der Waals surface area contributed by atoms with Crippen LogP contribution in [0.1, 0.15) is 0 Å². The number of hydrogen-bond acceptors (Lipinski definition) is 2. The highest BCUT2D eigenvalue weighted by atomic mass is 32.1. The molecule has 0 spiro atoms. The number of thiophene rings is 1. The molecule has 11 aromatic carbocycles. The van der Waals surface area contributed by atoms with Crippen molar-refractivity contribution in [3.63, 3.8) is 0 Å². The van der Waals surface area contributed by atoms with Crippen LogP contribution in [-0.2, 0) is 0 Å². The molecule has 2 heterocycles. The van der Waals surface area contributed by atoms with Crippen LogP contribution in [0.5, 0.6) is 0 Å². The minimum atomic E-state index is 1.11. The summed E-state index contributed by atoms with van der Waals surface area (Å²) >= 11 is 1.86. The Kier molecular flexibility index (Phi) is 7.51. The van der Waals surface area contributed by atoms with Crippen LogP contribution in [0.3, 0.4) is 0 Å². The number of aromatic nitrogens is 1. The second kappa shape index (κ2) is 13.4. The van der Waals surface area contributed by atoms with E-state index in [2.05, 4.69) is 228 Å². The van der Waals surface area contributed by atoms with Gasteiger partial charge in [0.2, 0.25) is 0 Å². The number of benzene rings is 11. The monoisotopic (exact) mass is 792 g/mol. The normalized spacial score (nSPS) is 11.9. The molecule has 13 aromatic rings. The van der Waals surface area contributed by atoms with E-state index in [4.69, 9.17) is 0 Å². The van der Waals surface area contributed by atoms with Crippen molar-refractivity contribution < 1.29 is 0 Å². The van der Waals surface area contributed by atoms with E-state index in [1.807, 2.05) is 11.3 Å². The second-order valence-electron chi connectivity index (χ2n) is 16.0. The maximum Gasteiger partial charge on any atom is 0.0547 e. The van der Waals surface area contributed by atoms with Crippen molar-refractivity contribution in [3.05, 3.63) is 218 Å². The maximum atomic E-state index is 2.45. The van der Waals surface area contributed by atoms with Crippen molar-refractivity contribution in [1.82, 2.24) is 4.57 Å². The van der Waals surface area contributed by atoms with E-state index < -0.39 is 0 Å². The Morgan fingerprint density at radius 1 is 0.328 bits per heavy atom. The van der Waals surface area contributed by atoms with Crippen LogP contribution in [0.4, 0.5) is 17.1 Å². The van der Waals surface area contributed by atoms with Crippen LogP contribution in [-0.4, -0.2) is 4.57 Å². The Morgan fingerprint density at radius 2 is 0.869 bits per heavy atom. The number of rotatable bonds is 5. The molecule has 0 N–H and O–H groups in total. The topological polar surface area (TPSA) is 8.17 Å².